The fraction of sp³-hybridized carbons (Fsp3) is 0.280. The van der Waals surface area contributed by atoms with E-state index in [4.69, 9.17) is 32.7 Å². The van der Waals surface area contributed by atoms with Gasteiger partial charge in [-0.25, -0.2) is 9.37 Å². The second-order valence-electron chi connectivity index (χ2n) is 7.92. The number of rotatable bonds is 7. The highest BCUT2D eigenvalue weighted by Gasteiger charge is 2.40. The predicted molar refractivity (Wildman–Crippen MR) is 129 cm³/mol. The molecule has 3 aromatic rings. The van der Waals surface area contributed by atoms with Crippen LogP contribution in [-0.2, 0) is 0 Å². The van der Waals surface area contributed by atoms with Crippen LogP contribution in [0.3, 0.4) is 0 Å². The zero-order valence-electron chi connectivity index (χ0n) is 18.8. The number of benzene rings is 2. The summed E-state index contributed by atoms with van der Waals surface area (Å²) in [7, 11) is 2.98. The lowest BCUT2D eigenvalue weighted by molar-refractivity contribution is 0.0314. The Hall–Kier alpha value is -2.71. The number of hydrogen-bond acceptors (Lipinski definition) is 6. The lowest BCUT2D eigenvalue weighted by Gasteiger charge is -2.38. The van der Waals surface area contributed by atoms with Crippen LogP contribution in [0.15, 0.2) is 60.8 Å². The number of hydrogen-bond donors (Lipinski definition) is 1. The first-order valence-corrected chi connectivity index (χ1v) is 11.4. The van der Waals surface area contributed by atoms with Gasteiger partial charge >= 0.3 is 6.01 Å². The van der Waals surface area contributed by atoms with Gasteiger partial charge in [0.1, 0.15) is 5.82 Å². The maximum absolute atomic E-state index is 15.1. The van der Waals surface area contributed by atoms with Crippen molar-refractivity contribution in [2.24, 2.45) is 0 Å². The van der Waals surface area contributed by atoms with Crippen LogP contribution in [0.2, 0.25) is 10.0 Å². The Labute approximate surface area is 207 Å². The number of halogens is 3. The average Bonchev–Trinajstić information content (AvgIpc) is 3.29. The van der Waals surface area contributed by atoms with Crippen molar-refractivity contribution in [1.29, 1.82) is 0 Å². The van der Waals surface area contributed by atoms with Crippen molar-refractivity contribution in [2.45, 2.75) is 31.2 Å². The highest BCUT2D eigenvalue weighted by molar-refractivity contribution is 6.31. The first kappa shape index (κ1) is 24.4. The summed E-state index contributed by atoms with van der Waals surface area (Å²) in [4.78, 5) is 10.5. The van der Waals surface area contributed by atoms with Gasteiger partial charge in [0.15, 0.2) is 0 Å². The Kier molecular flexibility index (Phi) is 7.38. The average molecular weight is 504 g/mol. The van der Waals surface area contributed by atoms with Crippen LogP contribution >= 0.6 is 23.2 Å². The van der Waals surface area contributed by atoms with Crippen molar-refractivity contribution in [1.82, 2.24) is 14.9 Å². The van der Waals surface area contributed by atoms with E-state index in [0.29, 0.717) is 27.6 Å². The molecular formula is C25H24Cl2FN3O3. The molecule has 0 saturated carbocycles. The van der Waals surface area contributed by atoms with Gasteiger partial charge in [-0.05, 0) is 30.7 Å². The summed E-state index contributed by atoms with van der Waals surface area (Å²) in [6.45, 7) is 1.88. The summed E-state index contributed by atoms with van der Waals surface area (Å²) in [5.74, 6) is -0.178. The minimum Gasteiger partial charge on any atom is -0.481 e. The summed E-state index contributed by atoms with van der Waals surface area (Å²) in [6, 6.07) is 10.7. The lowest BCUT2D eigenvalue weighted by atomic mass is 9.97. The van der Waals surface area contributed by atoms with E-state index < -0.39 is 30.0 Å². The largest absolute Gasteiger partial charge is 0.481 e. The molecule has 0 aliphatic carbocycles. The van der Waals surface area contributed by atoms with Crippen molar-refractivity contribution >= 4 is 23.2 Å². The monoisotopic (exact) mass is 503 g/mol. The third-order valence-electron chi connectivity index (χ3n) is 6.01. The molecule has 0 radical (unpaired) electrons. The molecule has 0 unspecified atom stereocenters. The maximum atomic E-state index is 15.1. The van der Waals surface area contributed by atoms with E-state index in [1.165, 1.54) is 20.3 Å². The van der Waals surface area contributed by atoms with Gasteiger partial charge in [0.05, 0.1) is 43.0 Å². The van der Waals surface area contributed by atoms with Gasteiger partial charge in [0.2, 0.25) is 5.88 Å². The van der Waals surface area contributed by atoms with Crippen LogP contribution in [0, 0.1) is 5.82 Å². The van der Waals surface area contributed by atoms with Crippen molar-refractivity contribution < 1.29 is 19.0 Å². The first-order valence-electron chi connectivity index (χ1n) is 10.6. The molecule has 1 aliphatic heterocycles. The minimum absolute atomic E-state index is 0.0329. The van der Waals surface area contributed by atoms with E-state index in [9.17, 15) is 5.11 Å². The third-order valence-corrected chi connectivity index (χ3v) is 6.55. The van der Waals surface area contributed by atoms with Crippen LogP contribution in [0.25, 0.3) is 0 Å². The molecule has 0 saturated heterocycles. The molecule has 0 amide bonds. The summed E-state index contributed by atoms with van der Waals surface area (Å²) < 4.78 is 25.7. The summed E-state index contributed by atoms with van der Waals surface area (Å²) in [6.07, 6.45) is 4.53. The third kappa shape index (κ3) is 4.61. The van der Waals surface area contributed by atoms with E-state index in [1.54, 1.807) is 42.6 Å². The van der Waals surface area contributed by atoms with E-state index in [2.05, 4.69) is 9.97 Å². The van der Waals surface area contributed by atoms with Gasteiger partial charge in [-0.1, -0.05) is 59.6 Å². The quantitative estimate of drug-likeness (QED) is 0.416. The van der Waals surface area contributed by atoms with Crippen LogP contribution in [0.5, 0.6) is 11.9 Å². The number of aromatic nitrogens is 2. The van der Waals surface area contributed by atoms with Gasteiger partial charge in [-0.15, -0.1) is 0 Å². The standard InChI is InChI=1S/C25H24Cl2FN3O3/c1-14(23(32)15-7-9-16(26)10-8-15)31-20(17-5-4-6-19(27)22(17)28)11-12-21(31)18-13-29-25(34-3)30-24(18)33-2/h4-14,20-21,23,32H,1-3H3/t14-,20+,21+,23-/m1/s1. The second-order valence-corrected chi connectivity index (χ2v) is 8.77. The molecule has 4 atom stereocenters. The van der Waals surface area contributed by atoms with Crippen molar-refractivity contribution in [3.05, 3.63) is 93.4 Å². The normalized spacial score (nSPS) is 19.7. The van der Waals surface area contributed by atoms with Gasteiger partial charge in [0, 0.05) is 22.8 Å². The van der Waals surface area contributed by atoms with Crippen molar-refractivity contribution in [3.8, 4) is 11.9 Å². The SMILES string of the molecule is COc1ncc([C@@H]2C=C[C@@H](c3cccc(Cl)c3F)N2[C@H](C)[C@@H](O)c2ccc(Cl)cc2)c(OC)n1. The molecule has 0 bridgehead atoms. The Morgan fingerprint density at radius 2 is 1.68 bits per heavy atom. The lowest BCUT2D eigenvalue weighted by Crippen LogP contribution is -2.39. The van der Waals surface area contributed by atoms with Crippen LogP contribution in [0.1, 0.15) is 41.8 Å². The van der Waals surface area contributed by atoms with Crippen LogP contribution in [-0.4, -0.2) is 40.2 Å². The Morgan fingerprint density at radius 1 is 1.00 bits per heavy atom. The van der Waals surface area contributed by atoms with E-state index in [1.807, 2.05) is 24.0 Å². The summed E-state index contributed by atoms with van der Waals surface area (Å²) >= 11 is 12.1. The summed E-state index contributed by atoms with van der Waals surface area (Å²) in [5.41, 5.74) is 1.74. The van der Waals surface area contributed by atoms with Crippen LogP contribution < -0.4 is 9.47 Å². The molecular weight excluding hydrogens is 480 g/mol. The molecule has 1 aromatic heterocycles. The Morgan fingerprint density at radius 3 is 2.32 bits per heavy atom. The molecule has 34 heavy (non-hydrogen) atoms. The van der Waals surface area contributed by atoms with Crippen molar-refractivity contribution in [2.75, 3.05) is 14.2 Å². The van der Waals surface area contributed by atoms with Gasteiger partial charge in [-0.3, -0.25) is 4.90 Å². The molecule has 1 N–H and O–H groups in total. The van der Waals surface area contributed by atoms with Gasteiger partial charge in [0.25, 0.3) is 0 Å². The maximum Gasteiger partial charge on any atom is 0.319 e. The van der Waals surface area contributed by atoms with E-state index in [0.717, 1.165) is 0 Å². The van der Waals surface area contributed by atoms with Crippen LogP contribution in [0.4, 0.5) is 4.39 Å². The Bertz CT molecular complexity index is 1190. The molecule has 4 rings (SSSR count). The molecule has 2 heterocycles. The van der Waals surface area contributed by atoms with Gasteiger partial charge < -0.3 is 14.6 Å². The Balaban J connectivity index is 1.79. The summed E-state index contributed by atoms with van der Waals surface area (Å²) in [5, 5.41) is 11.9. The molecule has 0 fully saturated rings. The fourth-order valence-electron chi connectivity index (χ4n) is 4.29. The van der Waals surface area contributed by atoms with E-state index in [-0.39, 0.29) is 11.0 Å². The minimum atomic E-state index is -0.894. The van der Waals surface area contributed by atoms with E-state index >= 15 is 4.39 Å². The predicted octanol–water partition coefficient (Wildman–Crippen LogP) is 5.72. The number of aliphatic hydroxyl groups is 1. The second kappa shape index (κ2) is 10.3. The van der Waals surface area contributed by atoms with Crippen molar-refractivity contribution in [3.63, 3.8) is 0 Å². The molecule has 2 aromatic carbocycles. The molecule has 178 valence electrons. The molecule has 9 heteroatoms. The highest BCUT2D eigenvalue weighted by Crippen LogP contribution is 2.45. The van der Waals surface area contributed by atoms with Gasteiger partial charge in [-0.2, -0.15) is 4.98 Å². The number of nitrogens with zero attached hydrogens (tertiary/aromatic N) is 3. The fourth-order valence-corrected chi connectivity index (χ4v) is 4.60. The smallest absolute Gasteiger partial charge is 0.319 e. The zero-order chi connectivity index (χ0) is 24.4. The molecule has 1 aliphatic rings. The first-order chi connectivity index (χ1) is 16.3. The number of methoxy groups -OCH3 is 2. The molecule has 0 spiro atoms. The highest BCUT2D eigenvalue weighted by atomic mass is 35.5. The molecule has 6 nitrogen and oxygen atoms in total. The zero-order valence-corrected chi connectivity index (χ0v) is 20.3. The topological polar surface area (TPSA) is 67.7 Å². The number of ether oxygens (including phenoxy) is 2. The number of aliphatic hydroxyl groups excluding tert-OH is 1.